The summed E-state index contributed by atoms with van der Waals surface area (Å²) in [5.41, 5.74) is 2.41. The van der Waals surface area contributed by atoms with Crippen molar-refractivity contribution in [2.75, 3.05) is 6.61 Å². The summed E-state index contributed by atoms with van der Waals surface area (Å²) in [7, 11) is 0. The average molecular weight is 465 g/mol. The van der Waals surface area contributed by atoms with Gasteiger partial charge in [0.2, 0.25) is 5.91 Å². The second-order valence-corrected chi connectivity index (χ2v) is 9.56. The van der Waals surface area contributed by atoms with Crippen LogP contribution in [-0.4, -0.2) is 34.9 Å². The van der Waals surface area contributed by atoms with E-state index in [0.29, 0.717) is 15.8 Å². The van der Waals surface area contributed by atoms with Gasteiger partial charge in [-0.2, -0.15) is 0 Å². The minimum atomic E-state index is -0.705. The molecule has 5 nitrogen and oxygen atoms in total. The number of amides is 2. The maximum Gasteiger partial charge on any atom is 0.261 e. The van der Waals surface area contributed by atoms with Gasteiger partial charge in [-0.25, -0.2) is 0 Å². The maximum absolute atomic E-state index is 13.1. The van der Waals surface area contributed by atoms with Crippen molar-refractivity contribution in [1.82, 2.24) is 10.2 Å². The van der Waals surface area contributed by atoms with Crippen LogP contribution in [0.15, 0.2) is 36.4 Å². The number of nitrogens with one attached hydrogen (secondary N) is 1. The molecule has 0 bridgehead atoms. The summed E-state index contributed by atoms with van der Waals surface area (Å²) in [6.45, 7) is 11.3. The molecular formula is C24H30Cl2N2O3. The van der Waals surface area contributed by atoms with E-state index in [4.69, 9.17) is 27.9 Å². The Morgan fingerprint density at radius 2 is 1.74 bits per heavy atom. The standard InChI is InChI=1S/C24H30Cl2N2O3/c1-15-7-10-21(16(2)11-15)31-14-22(29)28(17(3)23(30)27-24(4,5)6)13-18-8-9-19(25)20(26)12-18/h7-12,17H,13-14H2,1-6H3,(H,27,30)/t17-/m1/s1. The van der Waals surface area contributed by atoms with Gasteiger partial charge in [0.05, 0.1) is 10.0 Å². The van der Waals surface area contributed by atoms with Gasteiger partial charge in [-0.3, -0.25) is 9.59 Å². The highest BCUT2D eigenvalue weighted by Crippen LogP contribution is 2.24. The van der Waals surface area contributed by atoms with Crippen LogP contribution in [0.1, 0.15) is 44.4 Å². The van der Waals surface area contributed by atoms with Crippen LogP contribution < -0.4 is 10.1 Å². The van der Waals surface area contributed by atoms with Crippen molar-refractivity contribution in [3.8, 4) is 5.75 Å². The van der Waals surface area contributed by atoms with Crippen LogP contribution in [0.4, 0.5) is 0 Å². The van der Waals surface area contributed by atoms with Crippen molar-refractivity contribution in [3.63, 3.8) is 0 Å². The maximum atomic E-state index is 13.1. The Morgan fingerprint density at radius 3 is 2.32 bits per heavy atom. The van der Waals surface area contributed by atoms with Gasteiger partial charge in [-0.05, 0) is 70.9 Å². The predicted molar refractivity (Wildman–Crippen MR) is 126 cm³/mol. The van der Waals surface area contributed by atoms with Crippen LogP contribution in [0.5, 0.6) is 5.75 Å². The smallest absolute Gasteiger partial charge is 0.261 e. The number of ether oxygens (including phenoxy) is 1. The van der Waals surface area contributed by atoms with Crippen molar-refractivity contribution in [2.45, 2.75) is 59.7 Å². The summed E-state index contributed by atoms with van der Waals surface area (Å²) >= 11 is 12.2. The van der Waals surface area contributed by atoms with Crippen LogP contribution in [0.25, 0.3) is 0 Å². The molecule has 168 valence electrons. The van der Waals surface area contributed by atoms with Crippen molar-refractivity contribution >= 4 is 35.0 Å². The minimum absolute atomic E-state index is 0.182. The van der Waals surface area contributed by atoms with E-state index in [9.17, 15) is 9.59 Å². The highest BCUT2D eigenvalue weighted by atomic mass is 35.5. The summed E-state index contributed by atoms with van der Waals surface area (Å²) in [6, 6.07) is 10.2. The molecule has 0 aliphatic carbocycles. The fourth-order valence-corrected chi connectivity index (χ4v) is 3.40. The van der Waals surface area contributed by atoms with Gasteiger partial charge in [-0.1, -0.05) is 47.0 Å². The van der Waals surface area contributed by atoms with Crippen LogP contribution in [-0.2, 0) is 16.1 Å². The monoisotopic (exact) mass is 464 g/mol. The normalized spacial score (nSPS) is 12.3. The molecule has 0 radical (unpaired) electrons. The minimum Gasteiger partial charge on any atom is -0.483 e. The van der Waals surface area contributed by atoms with Crippen LogP contribution >= 0.6 is 23.2 Å². The Kier molecular flexibility index (Phi) is 8.38. The van der Waals surface area contributed by atoms with Gasteiger partial charge in [0, 0.05) is 12.1 Å². The molecule has 31 heavy (non-hydrogen) atoms. The summed E-state index contributed by atoms with van der Waals surface area (Å²) in [5, 5.41) is 3.75. The van der Waals surface area contributed by atoms with E-state index >= 15 is 0 Å². The summed E-state index contributed by atoms with van der Waals surface area (Å²) < 4.78 is 5.78. The molecule has 1 atom stereocenters. The molecule has 0 saturated heterocycles. The quantitative estimate of drug-likeness (QED) is 0.602. The molecule has 0 aliphatic heterocycles. The third kappa shape index (κ3) is 7.44. The van der Waals surface area contributed by atoms with Gasteiger partial charge < -0.3 is 15.0 Å². The first-order valence-electron chi connectivity index (χ1n) is 10.1. The molecule has 1 N–H and O–H groups in total. The fraction of sp³-hybridized carbons (Fsp3) is 0.417. The largest absolute Gasteiger partial charge is 0.483 e. The lowest BCUT2D eigenvalue weighted by Gasteiger charge is -2.31. The Morgan fingerprint density at radius 1 is 1.06 bits per heavy atom. The molecule has 0 saturated carbocycles. The third-order valence-electron chi connectivity index (χ3n) is 4.68. The Balaban J connectivity index is 2.23. The molecule has 0 aromatic heterocycles. The number of halogens is 2. The van der Waals surface area contributed by atoms with E-state index in [0.717, 1.165) is 16.7 Å². The zero-order valence-corrected chi connectivity index (χ0v) is 20.4. The van der Waals surface area contributed by atoms with E-state index in [2.05, 4.69) is 5.32 Å². The second-order valence-electron chi connectivity index (χ2n) is 8.74. The molecule has 0 fully saturated rings. The van der Waals surface area contributed by atoms with Crippen LogP contribution in [0.2, 0.25) is 10.0 Å². The third-order valence-corrected chi connectivity index (χ3v) is 5.42. The fourth-order valence-electron chi connectivity index (χ4n) is 3.08. The van der Waals surface area contributed by atoms with Crippen LogP contribution in [0, 0.1) is 13.8 Å². The van der Waals surface area contributed by atoms with E-state index in [1.54, 1.807) is 25.1 Å². The lowest BCUT2D eigenvalue weighted by atomic mass is 10.1. The SMILES string of the molecule is Cc1ccc(OCC(=O)N(Cc2ccc(Cl)c(Cl)c2)[C@H](C)C(=O)NC(C)(C)C)c(C)c1. The number of hydrogen-bond acceptors (Lipinski definition) is 3. The molecule has 0 heterocycles. The number of rotatable bonds is 7. The molecule has 2 rings (SSSR count). The van der Waals surface area contributed by atoms with Gasteiger partial charge in [0.1, 0.15) is 11.8 Å². The summed E-state index contributed by atoms with van der Waals surface area (Å²) in [4.78, 5) is 27.4. The number of carbonyl (C=O) groups excluding carboxylic acids is 2. The lowest BCUT2D eigenvalue weighted by Crippen LogP contribution is -2.53. The van der Waals surface area contributed by atoms with E-state index in [-0.39, 0.29) is 25.0 Å². The first-order chi connectivity index (χ1) is 14.4. The highest BCUT2D eigenvalue weighted by molar-refractivity contribution is 6.42. The van der Waals surface area contributed by atoms with Crippen LogP contribution in [0.3, 0.4) is 0 Å². The zero-order chi connectivity index (χ0) is 23.3. The number of benzene rings is 2. The summed E-state index contributed by atoms with van der Waals surface area (Å²) in [5.74, 6) is 0.0928. The Labute approximate surface area is 194 Å². The number of nitrogens with zero attached hydrogens (tertiary/aromatic N) is 1. The van der Waals surface area contributed by atoms with Gasteiger partial charge in [0.15, 0.2) is 6.61 Å². The number of hydrogen-bond donors (Lipinski definition) is 1. The van der Waals surface area contributed by atoms with Crippen molar-refractivity contribution in [1.29, 1.82) is 0 Å². The van der Waals surface area contributed by atoms with E-state index in [1.807, 2.05) is 52.8 Å². The highest BCUT2D eigenvalue weighted by Gasteiger charge is 2.29. The second kappa shape index (κ2) is 10.4. The lowest BCUT2D eigenvalue weighted by molar-refractivity contribution is -0.142. The topological polar surface area (TPSA) is 58.6 Å². The molecule has 0 unspecified atom stereocenters. The predicted octanol–water partition coefficient (Wildman–Crippen LogP) is 5.32. The molecule has 2 aromatic rings. The molecule has 2 amide bonds. The van der Waals surface area contributed by atoms with Crippen molar-refractivity contribution in [3.05, 3.63) is 63.1 Å². The Hall–Kier alpha value is -2.24. The van der Waals surface area contributed by atoms with Gasteiger partial charge in [-0.15, -0.1) is 0 Å². The van der Waals surface area contributed by atoms with E-state index in [1.165, 1.54) is 4.90 Å². The van der Waals surface area contributed by atoms with Gasteiger partial charge >= 0.3 is 0 Å². The zero-order valence-electron chi connectivity index (χ0n) is 18.9. The van der Waals surface area contributed by atoms with Crippen molar-refractivity contribution in [2.24, 2.45) is 0 Å². The summed E-state index contributed by atoms with van der Waals surface area (Å²) in [6.07, 6.45) is 0. The van der Waals surface area contributed by atoms with Gasteiger partial charge in [0.25, 0.3) is 5.91 Å². The first kappa shape index (κ1) is 25.0. The van der Waals surface area contributed by atoms with E-state index < -0.39 is 11.6 Å². The Bertz CT molecular complexity index is 954. The molecule has 7 heteroatoms. The molecule has 2 aromatic carbocycles. The molecule has 0 aliphatic rings. The average Bonchev–Trinajstić information content (AvgIpc) is 2.66. The number of carbonyl (C=O) groups is 2. The molecular weight excluding hydrogens is 435 g/mol. The number of aryl methyl sites for hydroxylation is 2. The molecule has 0 spiro atoms. The first-order valence-corrected chi connectivity index (χ1v) is 10.9. The van der Waals surface area contributed by atoms with Crippen molar-refractivity contribution < 1.29 is 14.3 Å².